The number of halogens is 2. The molecule has 0 radical (unpaired) electrons. The van der Waals surface area contributed by atoms with Gasteiger partial charge >= 0.3 is 0 Å². The first-order chi connectivity index (χ1) is 10.1. The van der Waals surface area contributed by atoms with E-state index in [1.807, 2.05) is 18.2 Å². The maximum Gasteiger partial charge on any atom is 0.251 e. The number of nitrogens with one attached hydrogen (secondary N) is 1. The molecule has 0 aliphatic carbocycles. The number of anilines is 1. The normalized spacial score (nSPS) is 10.4. The van der Waals surface area contributed by atoms with E-state index in [9.17, 15) is 4.79 Å². The lowest BCUT2D eigenvalue weighted by molar-refractivity contribution is 0.0953. The quantitative estimate of drug-likeness (QED) is 0.647. The van der Waals surface area contributed by atoms with Crippen LogP contribution in [0.1, 0.15) is 22.3 Å². The molecule has 0 bridgehead atoms. The van der Waals surface area contributed by atoms with Gasteiger partial charge < -0.3 is 11.1 Å². The first-order valence-corrected chi connectivity index (χ1v) is 7.40. The number of benzene rings is 2. The zero-order valence-corrected chi connectivity index (χ0v) is 12.9. The van der Waals surface area contributed by atoms with Gasteiger partial charge in [-0.15, -0.1) is 0 Å². The molecule has 1 amide bonds. The average Bonchev–Trinajstić information content (AvgIpc) is 2.49. The minimum atomic E-state index is -0.202. The van der Waals surface area contributed by atoms with E-state index in [4.69, 9.17) is 28.9 Å². The Labute approximate surface area is 134 Å². The van der Waals surface area contributed by atoms with Gasteiger partial charge in [-0.2, -0.15) is 0 Å². The number of amides is 1. The highest BCUT2D eigenvalue weighted by Crippen LogP contribution is 2.28. The van der Waals surface area contributed by atoms with Crippen LogP contribution >= 0.6 is 23.2 Å². The summed E-state index contributed by atoms with van der Waals surface area (Å²) in [5.41, 5.74) is 7.60. The van der Waals surface area contributed by atoms with Crippen LogP contribution in [0.3, 0.4) is 0 Å². The van der Waals surface area contributed by atoms with E-state index < -0.39 is 0 Å². The molecule has 0 aromatic heterocycles. The largest absolute Gasteiger partial charge is 0.396 e. The third-order valence-electron chi connectivity index (χ3n) is 3.11. The van der Waals surface area contributed by atoms with Crippen molar-refractivity contribution in [1.82, 2.24) is 5.32 Å². The molecule has 0 spiro atoms. The molecule has 0 atom stereocenters. The van der Waals surface area contributed by atoms with Gasteiger partial charge in [0.05, 0.1) is 15.7 Å². The molecule has 0 unspecified atom stereocenters. The number of hydrogen-bond donors (Lipinski definition) is 2. The Morgan fingerprint density at radius 2 is 1.71 bits per heavy atom. The first kappa shape index (κ1) is 15.7. The van der Waals surface area contributed by atoms with Gasteiger partial charge in [-0.25, -0.2) is 0 Å². The average molecular weight is 323 g/mol. The van der Waals surface area contributed by atoms with E-state index in [2.05, 4.69) is 17.4 Å². The van der Waals surface area contributed by atoms with Gasteiger partial charge in [-0.05, 0) is 30.5 Å². The highest BCUT2D eigenvalue weighted by Gasteiger charge is 2.10. The minimum Gasteiger partial charge on any atom is -0.396 e. The van der Waals surface area contributed by atoms with Crippen LogP contribution < -0.4 is 11.1 Å². The lowest BCUT2D eigenvalue weighted by Crippen LogP contribution is -2.24. The van der Waals surface area contributed by atoms with Gasteiger partial charge in [0.2, 0.25) is 0 Å². The summed E-state index contributed by atoms with van der Waals surface area (Å²) in [6.07, 6.45) is 1.79. The maximum absolute atomic E-state index is 12.0. The van der Waals surface area contributed by atoms with Crippen molar-refractivity contribution < 1.29 is 4.79 Å². The second-order valence-electron chi connectivity index (χ2n) is 4.70. The van der Waals surface area contributed by atoms with Crippen LogP contribution in [-0.4, -0.2) is 12.5 Å². The number of nitrogen functional groups attached to an aromatic ring is 1. The van der Waals surface area contributed by atoms with Crippen LogP contribution in [0.2, 0.25) is 10.0 Å². The summed E-state index contributed by atoms with van der Waals surface area (Å²) in [6.45, 7) is 0.591. The Balaban J connectivity index is 1.85. The topological polar surface area (TPSA) is 55.1 Å². The third kappa shape index (κ3) is 4.38. The van der Waals surface area contributed by atoms with Crippen LogP contribution in [0.5, 0.6) is 0 Å². The first-order valence-electron chi connectivity index (χ1n) is 6.64. The van der Waals surface area contributed by atoms with Crippen molar-refractivity contribution in [2.24, 2.45) is 0 Å². The van der Waals surface area contributed by atoms with Crippen LogP contribution in [0, 0.1) is 0 Å². The van der Waals surface area contributed by atoms with Gasteiger partial charge in [0.1, 0.15) is 0 Å². The van der Waals surface area contributed by atoms with Crippen molar-refractivity contribution in [3.63, 3.8) is 0 Å². The fourth-order valence-electron chi connectivity index (χ4n) is 1.96. The number of carbonyl (C=O) groups is 1. The predicted octanol–water partition coefficient (Wildman–Crippen LogP) is 3.94. The van der Waals surface area contributed by atoms with Crippen LogP contribution in [0.4, 0.5) is 5.69 Å². The van der Waals surface area contributed by atoms with E-state index in [0.717, 1.165) is 12.8 Å². The minimum absolute atomic E-state index is 0.202. The number of hydrogen-bond acceptors (Lipinski definition) is 2. The molecule has 21 heavy (non-hydrogen) atoms. The fraction of sp³-hybridized carbons (Fsp3) is 0.188. The summed E-state index contributed by atoms with van der Waals surface area (Å²) >= 11 is 11.8. The second-order valence-corrected chi connectivity index (χ2v) is 5.51. The van der Waals surface area contributed by atoms with Gasteiger partial charge in [0.25, 0.3) is 5.91 Å². The molecular formula is C16H16Cl2N2O. The molecule has 3 nitrogen and oxygen atoms in total. The zero-order valence-electron chi connectivity index (χ0n) is 11.4. The Morgan fingerprint density at radius 3 is 2.33 bits per heavy atom. The maximum atomic E-state index is 12.0. The summed E-state index contributed by atoms with van der Waals surface area (Å²) in [6, 6.07) is 13.2. The Kier molecular flexibility index (Phi) is 5.48. The Hall–Kier alpha value is -1.71. The summed E-state index contributed by atoms with van der Waals surface area (Å²) < 4.78 is 0. The molecule has 2 aromatic carbocycles. The molecule has 0 aliphatic heterocycles. The van der Waals surface area contributed by atoms with Crippen molar-refractivity contribution in [3.05, 3.63) is 63.6 Å². The highest BCUT2D eigenvalue weighted by molar-refractivity contribution is 6.39. The monoisotopic (exact) mass is 322 g/mol. The van der Waals surface area contributed by atoms with Crippen LogP contribution in [0.15, 0.2) is 42.5 Å². The van der Waals surface area contributed by atoms with E-state index in [1.165, 1.54) is 17.7 Å². The summed E-state index contributed by atoms with van der Waals surface area (Å²) in [5, 5.41) is 3.42. The molecule has 0 saturated heterocycles. The van der Waals surface area contributed by atoms with Crippen molar-refractivity contribution in [1.29, 1.82) is 0 Å². The molecule has 110 valence electrons. The van der Waals surface area contributed by atoms with E-state index >= 15 is 0 Å². The standard InChI is InChI=1S/C16H16Cl2N2O/c17-13-9-12(10-14(18)15(13)19)16(21)20-8-4-7-11-5-2-1-3-6-11/h1-3,5-6,9-10H,4,7-8,19H2,(H,20,21). The van der Waals surface area contributed by atoms with Gasteiger partial charge in [0.15, 0.2) is 0 Å². The molecule has 2 aromatic rings. The van der Waals surface area contributed by atoms with E-state index in [0.29, 0.717) is 17.8 Å². The summed E-state index contributed by atoms with van der Waals surface area (Å²) in [5.74, 6) is -0.202. The van der Waals surface area contributed by atoms with E-state index in [-0.39, 0.29) is 16.0 Å². The predicted molar refractivity (Wildman–Crippen MR) is 88.0 cm³/mol. The Bertz CT molecular complexity index is 606. The summed E-state index contributed by atoms with van der Waals surface area (Å²) in [7, 11) is 0. The number of carbonyl (C=O) groups excluding carboxylic acids is 1. The van der Waals surface area contributed by atoms with Crippen LogP contribution in [-0.2, 0) is 6.42 Å². The molecule has 3 N–H and O–H groups in total. The molecule has 5 heteroatoms. The summed E-state index contributed by atoms with van der Waals surface area (Å²) in [4.78, 5) is 12.0. The van der Waals surface area contributed by atoms with Crippen molar-refractivity contribution in [2.45, 2.75) is 12.8 Å². The van der Waals surface area contributed by atoms with Crippen molar-refractivity contribution in [2.75, 3.05) is 12.3 Å². The third-order valence-corrected chi connectivity index (χ3v) is 3.74. The molecule has 0 saturated carbocycles. The second kappa shape index (κ2) is 7.34. The van der Waals surface area contributed by atoms with Gasteiger partial charge in [0, 0.05) is 12.1 Å². The smallest absolute Gasteiger partial charge is 0.251 e. The molecule has 0 aliphatic rings. The lowest BCUT2D eigenvalue weighted by Gasteiger charge is -2.08. The Morgan fingerprint density at radius 1 is 1.10 bits per heavy atom. The molecule has 0 fully saturated rings. The lowest BCUT2D eigenvalue weighted by atomic mass is 10.1. The molecule has 2 rings (SSSR count). The SMILES string of the molecule is Nc1c(Cl)cc(C(=O)NCCCc2ccccc2)cc1Cl. The number of nitrogens with two attached hydrogens (primary N) is 1. The molecule has 0 heterocycles. The molecular weight excluding hydrogens is 307 g/mol. The zero-order chi connectivity index (χ0) is 15.2. The van der Waals surface area contributed by atoms with E-state index in [1.54, 1.807) is 0 Å². The number of aryl methyl sites for hydroxylation is 1. The van der Waals surface area contributed by atoms with Crippen molar-refractivity contribution in [3.8, 4) is 0 Å². The highest BCUT2D eigenvalue weighted by atomic mass is 35.5. The fourth-order valence-corrected chi connectivity index (χ4v) is 2.44. The van der Waals surface area contributed by atoms with Crippen molar-refractivity contribution >= 4 is 34.8 Å². The van der Waals surface area contributed by atoms with Gasteiger partial charge in [-0.3, -0.25) is 4.79 Å². The number of rotatable bonds is 5. The van der Waals surface area contributed by atoms with Crippen LogP contribution in [0.25, 0.3) is 0 Å². The van der Waals surface area contributed by atoms with Gasteiger partial charge in [-0.1, -0.05) is 53.5 Å².